The third kappa shape index (κ3) is 4.20. The van der Waals surface area contributed by atoms with E-state index in [4.69, 9.17) is 14.6 Å². The molecule has 96 valence electrons. The summed E-state index contributed by atoms with van der Waals surface area (Å²) in [5.41, 5.74) is 0.637. The van der Waals surface area contributed by atoms with Gasteiger partial charge in [-0.25, -0.2) is 4.79 Å². The minimum absolute atomic E-state index is 0.00482. The van der Waals surface area contributed by atoms with E-state index in [-0.39, 0.29) is 12.4 Å². The maximum atomic E-state index is 10.8. The maximum absolute atomic E-state index is 10.8. The molecule has 1 atom stereocenters. The molecule has 1 aromatic heterocycles. The first-order valence-electron chi connectivity index (χ1n) is 5.68. The van der Waals surface area contributed by atoms with Gasteiger partial charge in [0.2, 0.25) is 5.76 Å². The average molecular weight is 241 g/mol. The number of carbonyl (C=O) groups is 1. The molecule has 17 heavy (non-hydrogen) atoms. The molecule has 0 spiro atoms. The molecule has 1 unspecified atom stereocenters. The van der Waals surface area contributed by atoms with Crippen LogP contribution >= 0.6 is 0 Å². The zero-order chi connectivity index (χ0) is 12.8. The molecule has 0 aliphatic heterocycles. The number of nitrogens with one attached hydrogen (secondary N) is 1. The minimum atomic E-state index is -1.04. The first-order valence-corrected chi connectivity index (χ1v) is 5.68. The first kappa shape index (κ1) is 13.7. The number of hydrogen-bond acceptors (Lipinski definition) is 4. The van der Waals surface area contributed by atoms with Crippen molar-refractivity contribution in [1.29, 1.82) is 0 Å². The summed E-state index contributed by atoms with van der Waals surface area (Å²) >= 11 is 0. The largest absolute Gasteiger partial charge is 0.475 e. The highest BCUT2D eigenvalue weighted by atomic mass is 16.4. The van der Waals surface area contributed by atoms with Gasteiger partial charge in [-0.3, -0.25) is 0 Å². The Balaban J connectivity index is 2.42. The van der Waals surface area contributed by atoms with Crippen LogP contribution in [0, 0.1) is 12.8 Å². The van der Waals surface area contributed by atoms with E-state index in [0.717, 1.165) is 13.0 Å². The summed E-state index contributed by atoms with van der Waals surface area (Å²) < 4.78 is 5.21. The number of aryl methyl sites for hydroxylation is 1. The van der Waals surface area contributed by atoms with Gasteiger partial charge in [-0.2, -0.15) is 0 Å². The average Bonchev–Trinajstić information content (AvgIpc) is 2.60. The van der Waals surface area contributed by atoms with Gasteiger partial charge in [0.15, 0.2) is 0 Å². The zero-order valence-electron chi connectivity index (χ0n) is 10.2. The molecule has 0 aliphatic carbocycles. The SMILES string of the molecule is Cc1cc(CNCC(C)CCO)oc1C(=O)O. The van der Waals surface area contributed by atoms with Gasteiger partial charge in [-0.1, -0.05) is 6.92 Å². The van der Waals surface area contributed by atoms with Crippen molar-refractivity contribution in [3.8, 4) is 0 Å². The fourth-order valence-corrected chi connectivity index (χ4v) is 1.61. The molecule has 1 rings (SSSR count). The van der Waals surface area contributed by atoms with E-state index in [1.807, 2.05) is 6.92 Å². The molecule has 5 nitrogen and oxygen atoms in total. The summed E-state index contributed by atoms with van der Waals surface area (Å²) in [5.74, 6) is -0.0290. The Morgan fingerprint density at radius 1 is 1.59 bits per heavy atom. The topological polar surface area (TPSA) is 82.7 Å². The van der Waals surface area contributed by atoms with Gasteiger partial charge < -0.3 is 19.9 Å². The number of furan rings is 1. The highest BCUT2D eigenvalue weighted by Gasteiger charge is 2.13. The van der Waals surface area contributed by atoms with Crippen molar-refractivity contribution in [2.45, 2.75) is 26.8 Å². The number of rotatable bonds is 7. The van der Waals surface area contributed by atoms with Crippen LogP contribution < -0.4 is 5.32 Å². The molecular formula is C12H19NO4. The van der Waals surface area contributed by atoms with Gasteiger partial charge in [0, 0.05) is 12.2 Å². The van der Waals surface area contributed by atoms with Crippen molar-refractivity contribution < 1.29 is 19.4 Å². The predicted octanol–water partition coefficient (Wildman–Crippen LogP) is 1.39. The molecule has 0 saturated heterocycles. The van der Waals surface area contributed by atoms with Crippen molar-refractivity contribution in [1.82, 2.24) is 5.32 Å². The summed E-state index contributed by atoms with van der Waals surface area (Å²) in [6, 6.07) is 1.73. The molecule has 0 saturated carbocycles. The van der Waals surface area contributed by atoms with E-state index in [9.17, 15) is 4.79 Å². The third-order valence-electron chi connectivity index (χ3n) is 2.58. The van der Waals surface area contributed by atoms with Crippen LogP contribution in [-0.2, 0) is 6.54 Å². The number of hydrogen-bond donors (Lipinski definition) is 3. The molecule has 3 N–H and O–H groups in total. The maximum Gasteiger partial charge on any atom is 0.372 e. The summed E-state index contributed by atoms with van der Waals surface area (Å²) in [5, 5.41) is 20.7. The highest BCUT2D eigenvalue weighted by Crippen LogP contribution is 2.14. The van der Waals surface area contributed by atoms with Gasteiger partial charge in [0.25, 0.3) is 0 Å². The van der Waals surface area contributed by atoms with Crippen LogP contribution in [0.25, 0.3) is 0 Å². The van der Waals surface area contributed by atoms with E-state index in [1.165, 1.54) is 0 Å². The zero-order valence-corrected chi connectivity index (χ0v) is 10.2. The number of aliphatic hydroxyl groups is 1. The second-order valence-electron chi connectivity index (χ2n) is 4.28. The second-order valence-corrected chi connectivity index (χ2v) is 4.28. The Bertz CT molecular complexity index is 373. The van der Waals surface area contributed by atoms with Gasteiger partial charge in [0.1, 0.15) is 5.76 Å². The Morgan fingerprint density at radius 3 is 2.82 bits per heavy atom. The normalized spacial score (nSPS) is 12.6. The van der Waals surface area contributed by atoms with Crippen LogP contribution in [0.5, 0.6) is 0 Å². The van der Waals surface area contributed by atoms with Crippen molar-refractivity contribution >= 4 is 5.97 Å². The highest BCUT2D eigenvalue weighted by molar-refractivity contribution is 5.86. The number of carboxylic acid groups (broad SMARTS) is 1. The molecule has 0 bridgehead atoms. The standard InChI is InChI=1S/C12H19NO4/c1-8(3-4-14)6-13-7-10-5-9(2)11(17-10)12(15)16/h5,8,13-14H,3-4,6-7H2,1-2H3,(H,15,16). The van der Waals surface area contributed by atoms with Crippen LogP contribution in [0.15, 0.2) is 10.5 Å². The molecule has 1 heterocycles. The lowest BCUT2D eigenvalue weighted by atomic mass is 10.1. The number of aliphatic hydroxyl groups excluding tert-OH is 1. The molecule has 0 aliphatic rings. The summed E-state index contributed by atoms with van der Waals surface area (Å²) in [7, 11) is 0. The molecule has 0 aromatic carbocycles. The molecule has 0 amide bonds. The summed E-state index contributed by atoms with van der Waals surface area (Å²) in [4.78, 5) is 10.8. The monoisotopic (exact) mass is 241 g/mol. The lowest BCUT2D eigenvalue weighted by Crippen LogP contribution is -2.21. The van der Waals surface area contributed by atoms with E-state index >= 15 is 0 Å². The van der Waals surface area contributed by atoms with E-state index in [2.05, 4.69) is 5.32 Å². The van der Waals surface area contributed by atoms with E-state index in [0.29, 0.717) is 23.8 Å². The molecule has 1 aromatic rings. The molecule has 0 fully saturated rings. The van der Waals surface area contributed by atoms with E-state index < -0.39 is 5.97 Å². The van der Waals surface area contributed by atoms with Crippen molar-refractivity contribution in [2.24, 2.45) is 5.92 Å². The fraction of sp³-hybridized carbons (Fsp3) is 0.583. The van der Waals surface area contributed by atoms with Crippen LogP contribution in [0.4, 0.5) is 0 Å². The Labute approximate surface area is 100 Å². The number of carboxylic acids is 1. The van der Waals surface area contributed by atoms with Crippen LogP contribution in [0.1, 0.15) is 35.2 Å². The van der Waals surface area contributed by atoms with Gasteiger partial charge in [-0.05, 0) is 31.9 Å². The summed E-state index contributed by atoms with van der Waals surface area (Å²) in [6.45, 7) is 5.21. The summed E-state index contributed by atoms with van der Waals surface area (Å²) in [6.07, 6.45) is 0.755. The number of aromatic carboxylic acids is 1. The smallest absolute Gasteiger partial charge is 0.372 e. The molecular weight excluding hydrogens is 222 g/mol. The van der Waals surface area contributed by atoms with E-state index in [1.54, 1.807) is 13.0 Å². The minimum Gasteiger partial charge on any atom is -0.475 e. The van der Waals surface area contributed by atoms with Crippen LogP contribution in [-0.4, -0.2) is 29.3 Å². The Hall–Kier alpha value is -1.33. The quantitative estimate of drug-likeness (QED) is 0.672. The molecule has 5 heteroatoms. The van der Waals surface area contributed by atoms with Crippen molar-refractivity contribution in [2.75, 3.05) is 13.2 Å². The van der Waals surface area contributed by atoms with Gasteiger partial charge in [0.05, 0.1) is 6.54 Å². The van der Waals surface area contributed by atoms with Gasteiger partial charge in [-0.15, -0.1) is 0 Å². The predicted molar refractivity (Wildman–Crippen MR) is 63.0 cm³/mol. The van der Waals surface area contributed by atoms with Gasteiger partial charge >= 0.3 is 5.97 Å². The van der Waals surface area contributed by atoms with Crippen molar-refractivity contribution in [3.63, 3.8) is 0 Å². The second kappa shape index (κ2) is 6.42. The lowest BCUT2D eigenvalue weighted by Gasteiger charge is -2.09. The van der Waals surface area contributed by atoms with Crippen molar-refractivity contribution in [3.05, 3.63) is 23.2 Å². The Kier molecular flexibility index (Phi) is 5.18. The third-order valence-corrected chi connectivity index (χ3v) is 2.58. The molecule has 0 radical (unpaired) electrons. The first-order chi connectivity index (χ1) is 8.04. The van der Waals surface area contributed by atoms with Crippen LogP contribution in [0.3, 0.4) is 0 Å². The Morgan fingerprint density at radius 2 is 2.29 bits per heavy atom. The van der Waals surface area contributed by atoms with Crippen LogP contribution in [0.2, 0.25) is 0 Å². The fourth-order valence-electron chi connectivity index (χ4n) is 1.61. The lowest BCUT2D eigenvalue weighted by molar-refractivity contribution is 0.0659.